The summed E-state index contributed by atoms with van der Waals surface area (Å²) in [6, 6.07) is 3.32. The molecular formula is C12H19N3O4S. The van der Waals surface area contributed by atoms with Gasteiger partial charge in [-0.25, -0.2) is 13.1 Å². The fourth-order valence-electron chi connectivity index (χ4n) is 1.66. The summed E-state index contributed by atoms with van der Waals surface area (Å²) in [4.78, 5) is 10.5. The molecule has 0 spiro atoms. The third-order valence-corrected chi connectivity index (χ3v) is 4.42. The lowest BCUT2D eigenvalue weighted by molar-refractivity contribution is -0.122. The molecule has 8 heteroatoms. The molecular weight excluding hydrogens is 282 g/mol. The SMILES string of the molecule is Cc1ccc(N)c(S(=O)(=O)NCCOCC(N)=O)c1C. The molecule has 1 aromatic carbocycles. The van der Waals surface area contributed by atoms with E-state index in [2.05, 4.69) is 4.72 Å². The number of anilines is 1. The van der Waals surface area contributed by atoms with Crippen molar-refractivity contribution in [3.8, 4) is 0 Å². The number of nitrogens with two attached hydrogens (primary N) is 2. The highest BCUT2D eigenvalue weighted by atomic mass is 32.2. The molecule has 0 aliphatic rings. The first-order valence-electron chi connectivity index (χ1n) is 5.97. The van der Waals surface area contributed by atoms with E-state index in [0.717, 1.165) is 5.56 Å². The van der Waals surface area contributed by atoms with Gasteiger partial charge in [0.2, 0.25) is 15.9 Å². The molecule has 7 nitrogen and oxygen atoms in total. The number of nitrogen functional groups attached to an aromatic ring is 1. The van der Waals surface area contributed by atoms with Crippen molar-refractivity contribution in [3.63, 3.8) is 0 Å². The summed E-state index contributed by atoms with van der Waals surface area (Å²) in [6.45, 7) is 3.34. The van der Waals surface area contributed by atoms with Crippen molar-refractivity contribution >= 4 is 21.6 Å². The molecule has 0 atom stereocenters. The van der Waals surface area contributed by atoms with Crippen LogP contribution in [0, 0.1) is 13.8 Å². The molecule has 0 aliphatic carbocycles. The zero-order chi connectivity index (χ0) is 15.3. The van der Waals surface area contributed by atoms with Crippen LogP contribution in [0.25, 0.3) is 0 Å². The van der Waals surface area contributed by atoms with Gasteiger partial charge in [0.05, 0.1) is 12.3 Å². The minimum Gasteiger partial charge on any atom is -0.398 e. The van der Waals surface area contributed by atoms with Gasteiger partial charge in [0, 0.05) is 6.54 Å². The Morgan fingerprint density at radius 3 is 2.60 bits per heavy atom. The maximum Gasteiger partial charge on any atom is 0.243 e. The van der Waals surface area contributed by atoms with E-state index in [1.165, 1.54) is 0 Å². The number of carbonyl (C=O) groups is 1. The number of aryl methyl sites for hydroxylation is 1. The Morgan fingerprint density at radius 2 is 2.00 bits per heavy atom. The van der Waals surface area contributed by atoms with Crippen LogP contribution in [-0.4, -0.2) is 34.1 Å². The molecule has 0 heterocycles. The highest BCUT2D eigenvalue weighted by molar-refractivity contribution is 7.89. The highest BCUT2D eigenvalue weighted by Gasteiger charge is 2.20. The lowest BCUT2D eigenvalue weighted by atomic mass is 10.1. The van der Waals surface area contributed by atoms with Crippen molar-refractivity contribution in [1.82, 2.24) is 4.72 Å². The lowest BCUT2D eigenvalue weighted by Gasteiger charge is -2.13. The fraction of sp³-hybridized carbons (Fsp3) is 0.417. The standard InChI is InChI=1S/C12H19N3O4S/c1-8-3-4-10(13)12(9(8)2)20(17,18)15-5-6-19-7-11(14)16/h3-4,15H,5-7,13H2,1-2H3,(H2,14,16). The first-order valence-corrected chi connectivity index (χ1v) is 7.45. The van der Waals surface area contributed by atoms with Crippen LogP contribution in [0.5, 0.6) is 0 Å². The van der Waals surface area contributed by atoms with Crippen LogP contribution in [0.15, 0.2) is 17.0 Å². The number of nitrogens with one attached hydrogen (secondary N) is 1. The van der Waals surface area contributed by atoms with Crippen LogP contribution in [0.4, 0.5) is 5.69 Å². The van der Waals surface area contributed by atoms with Gasteiger partial charge in [0.15, 0.2) is 0 Å². The fourth-order valence-corrected chi connectivity index (χ4v) is 3.10. The Kier molecular flexibility index (Phi) is 5.49. The van der Waals surface area contributed by atoms with Crippen molar-refractivity contribution in [2.75, 3.05) is 25.5 Å². The van der Waals surface area contributed by atoms with Crippen LogP contribution < -0.4 is 16.2 Å². The van der Waals surface area contributed by atoms with E-state index in [0.29, 0.717) is 5.56 Å². The monoisotopic (exact) mass is 301 g/mol. The van der Waals surface area contributed by atoms with E-state index >= 15 is 0 Å². The van der Waals surface area contributed by atoms with Gasteiger partial charge in [0.1, 0.15) is 11.5 Å². The normalized spacial score (nSPS) is 11.5. The molecule has 0 unspecified atom stereocenters. The molecule has 1 amide bonds. The summed E-state index contributed by atoms with van der Waals surface area (Å²) in [5, 5.41) is 0. The first kappa shape index (κ1) is 16.4. The van der Waals surface area contributed by atoms with E-state index in [1.54, 1.807) is 19.1 Å². The number of carbonyl (C=O) groups excluding carboxylic acids is 1. The summed E-state index contributed by atoms with van der Waals surface area (Å²) in [6.07, 6.45) is 0. The van der Waals surface area contributed by atoms with Crippen LogP contribution in [-0.2, 0) is 19.6 Å². The number of rotatable bonds is 7. The minimum atomic E-state index is -3.72. The Hall–Kier alpha value is -1.64. The van der Waals surface area contributed by atoms with Gasteiger partial charge in [-0.3, -0.25) is 4.79 Å². The van der Waals surface area contributed by atoms with Gasteiger partial charge in [0.25, 0.3) is 0 Å². The maximum absolute atomic E-state index is 12.2. The van der Waals surface area contributed by atoms with Gasteiger partial charge in [-0.1, -0.05) is 6.07 Å². The summed E-state index contributed by atoms with van der Waals surface area (Å²) in [5.41, 5.74) is 12.3. The highest BCUT2D eigenvalue weighted by Crippen LogP contribution is 2.24. The van der Waals surface area contributed by atoms with Gasteiger partial charge in [-0.2, -0.15) is 0 Å². The number of hydrogen-bond acceptors (Lipinski definition) is 5. The number of amides is 1. The Balaban J connectivity index is 2.75. The van der Waals surface area contributed by atoms with E-state index in [4.69, 9.17) is 16.2 Å². The molecule has 1 aromatic rings. The number of primary amides is 1. The van der Waals surface area contributed by atoms with Crippen molar-refractivity contribution < 1.29 is 17.9 Å². The summed E-state index contributed by atoms with van der Waals surface area (Å²) in [5.74, 6) is -0.605. The Labute approximate surface area is 118 Å². The largest absolute Gasteiger partial charge is 0.398 e. The summed E-state index contributed by atoms with van der Waals surface area (Å²) >= 11 is 0. The molecule has 0 saturated carbocycles. The van der Waals surface area contributed by atoms with Crippen LogP contribution in [0.2, 0.25) is 0 Å². The van der Waals surface area contributed by atoms with E-state index in [9.17, 15) is 13.2 Å². The minimum absolute atomic E-state index is 0.0302. The quantitative estimate of drug-likeness (QED) is 0.469. The van der Waals surface area contributed by atoms with Crippen LogP contribution >= 0.6 is 0 Å². The van der Waals surface area contributed by atoms with E-state index in [-0.39, 0.29) is 30.3 Å². The average molecular weight is 301 g/mol. The van der Waals surface area contributed by atoms with Gasteiger partial charge in [-0.05, 0) is 31.0 Å². The third kappa shape index (κ3) is 4.19. The topological polar surface area (TPSA) is 125 Å². The number of benzene rings is 1. The third-order valence-electron chi connectivity index (χ3n) is 2.76. The molecule has 0 fully saturated rings. The second-order valence-corrected chi connectivity index (χ2v) is 6.05. The van der Waals surface area contributed by atoms with E-state index < -0.39 is 15.9 Å². The molecule has 0 aliphatic heterocycles. The molecule has 0 radical (unpaired) electrons. The Morgan fingerprint density at radius 1 is 1.35 bits per heavy atom. The van der Waals surface area contributed by atoms with Crippen molar-refractivity contribution in [1.29, 1.82) is 0 Å². The zero-order valence-corrected chi connectivity index (χ0v) is 12.3. The molecule has 5 N–H and O–H groups in total. The van der Waals surface area contributed by atoms with Crippen molar-refractivity contribution in [2.45, 2.75) is 18.7 Å². The van der Waals surface area contributed by atoms with Crippen LogP contribution in [0.1, 0.15) is 11.1 Å². The molecule has 112 valence electrons. The second-order valence-electron chi connectivity index (χ2n) is 4.34. The lowest BCUT2D eigenvalue weighted by Crippen LogP contribution is -2.30. The van der Waals surface area contributed by atoms with Gasteiger partial charge >= 0.3 is 0 Å². The average Bonchev–Trinajstić information content (AvgIpc) is 2.33. The van der Waals surface area contributed by atoms with Crippen LogP contribution in [0.3, 0.4) is 0 Å². The summed E-state index contributed by atoms with van der Waals surface area (Å²) in [7, 11) is -3.72. The Bertz CT molecular complexity index is 599. The molecule has 0 saturated heterocycles. The molecule has 0 bridgehead atoms. The number of sulfonamides is 1. The predicted octanol–water partition coefficient (Wildman–Crippen LogP) is -0.334. The van der Waals surface area contributed by atoms with E-state index in [1.807, 2.05) is 6.92 Å². The van der Waals surface area contributed by atoms with Crippen molar-refractivity contribution in [2.24, 2.45) is 5.73 Å². The summed E-state index contributed by atoms with van der Waals surface area (Å²) < 4.78 is 31.6. The number of hydrogen-bond donors (Lipinski definition) is 3. The van der Waals surface area contributed by atoms with Gasteiger partial charge in [-0.15, -0.1) is 0 Å². The van der Waals surface area contributed by atoms with Crippen molar-refractivity contribution in [3.05, 3.63) is 23.3 Å². The zero-order valence-electron chi connectivity index (χ0n) is 11.5. The van der Waals surface area contributed by atoms with Gasteiger partial charge < -0.3 is 16.2 Å². The second kappa shape index (κ2) is 6.69. The smallest absolute Gasteiger partial charge is 0.243 e. The molecule has 20 heavy (non-hydrogen) atoms. The maximum atomic E-state index is 12.2. The first-order chi connectivity index (χ1) is 9.25. The number of ether oxygens (including phenoxy) is 1. The molecule has 1 rings (SSSR count). The molecule has 0 aromatic heterocycles. The predicted molar refractivity (Wildman–Crippen MR) is 75.5 cm³/mol.